The molecule has 116 valence electrons. The minimum atomic E-state index is -0.735. The number of hydrogen-bond acceptors (Lipinski definition) is 3. The number of rotatable bonds is 9. The summed E-state index contributed by atoms with van der Waals surface area (Å²) < 4.78 is 5.19. The van der Waals surface area contributed by atoms with Crippen LogP contribution in [0, 0.1) is 5.92 Å². The molecule has 20 heavy (non-hydrogen) atoms. The highest BCUT2D eigenvalue weighted by molar-refractivity contribution is 5.71. The van der Waals surface area contributed by atoms with Crippen LogP contribution in [-0.2, 0) is 14.3 Å². The van der Waals surface area contributed by atoms with Crippen molar-refractivity contribution in [3.63, 3.8) is 0 Å². The standard InChI is InChI=1S/C16H28O4/c1-5-9-13(12-14(17)18)10-7-6-8-11-15(19)20-16(2,3)4/h6,8,13H,5,7,9-12H2,1-4H3,(H,17,18)/b8-6+. The van der Waals surface area contributed by atoms with Gasteiger partial charge in [0.15, 0.2) is 0 Å². The monoisotopic (exact) mass is 284 g/mol. The third-order valence-electron chi connectivity index (χ3n) is 2.77. The fourth-order valence-corrected chi connectivity index (χ4v) is 2.02. The topological polar surface area (TPSA) is 63.6 Å². The van der Waals surface area contributed by atoms with Gasteiger partial charge in [0.2, 0.25) is 0 Å². The Balaban J connectivity index is 3.93. The highest BCUT2D eigenvalue weighted by Crippen LogP contribution is 2.18. The zero-order valence-electron chi connectivity index (χ0n) is 13.1. The molecule has 4 heteroatoms. The zero-order valence-corrected chi connectivity index (χ0v) is 13.1. The van der Waals surface area contributed by atoms with Crippen LogP contribution in [0.2, 0.25) is 0 Å². The first-order valence-electron chi connectivity index (χ1n) is 7.33. The molecule has 1 N–H and O–H groups in total. The van der Waals surface area contributed by atoms with Crippen molar-refractivity contribution in [2.75, 3.05) is 0 Å². The highest BCUT2D eigenvalue weighted by atomic mass is 16.6. The van der Waals surface area contributed by atoms with Crippen LogP contribution in [0.25, 0.3) is 0 Å². The van der Waals surface area contributed by atoms with Gasteiger partial charge in [-0.15, -0.1) is 0 Å². The fourth-order valence-electron chi connectivity index (χ4n) is 2.02. The lowest BCUT2D eigenvalue weighted by molar-refractivity contribution is -0.153. The maximum atomic E-state index is 11.5. The molecule has 1 unspecified atom stereocenters. The predicted molar refractivity (Wildman–Crippen MR) is 79.5 cm³/mol. The Labute approximate surface area is 122 Å². The Morgan fingerprint density at radius 2 is 1.85 bits per heavy atom. The first kappa shape index (κ1) is 18.7. The van der Waals surface area contributed by atoms with Crippen LogP contribution in [0.4, 0.5) is 0 Å². The summed E-state index contributed by atoms with van der Waals surface area (Å²) in [6.45, 7) is 7.59. The molecule has 0 spiro atoms. The Morgan fingerprint density at radius 3 is 2.35 bits per heavy atom. The molecule has 0 fully saturated rings. The molecule has 0 saturated carbocycles. The maximum absolute atomic E-state index is 11.5. The summed E-state index contributed by atoms with van der Waals surface area (Å²) in [4.78, 5) is 22.2. The molecule has 0 heterocycles. The Kier molecular flexibility index (Phi) is 8.93. The van der Waals surface area contributed by atoms with Gasteiger partial charge in [0.25, 0.3) is 0 Å². The first-order valence-corrected chi connectivity index (χ1v) is 7.33. The van der Waals surface area contributed by atoms with Crippen LogP contribution in [0.1, 0.15) is 66.2 Å². The van der Waals surface area contributed by atoms with Crippen molar-refractivity contribution in [1.29, 1.82) is 0 Å². The van der Waals surface area contributed by atoms with E-state index in [4.69, 9.17) is 9.84 Å². The van der Waals surface area contributed by atoms with Crippen molar-refractivity contribution < 1.29 is 19.4 Å². The van der Waals surface area contributed by atoms with Gasteiger partial charge < -0.3 is 9.84 Å². The molecule has 0 saturated heterocycles. The molecule has 0 amide bonds. The van der Waals surface area contributed by atoms with Crippen molar-refractivity contribution in [3.8, 4) is 0 Å². The van der Waals surface area contributed by atoms with E-state index in [0.717, 1.165) is 25.7 Å². The second kappa shape index (κ2) is 9.56. The van der Waals surface area contributed by atoms with E-state index >= 15 is 0 Å². The van der Waals surface area contributed by atoms with Gasteiger partial charge in [0, 0.05) is 6.42 Å². The average molecular weight is 284 g/mol. The van der Waals surface area contributed by atoms with Crippen molar-refractivity contribution in [1.82, 2.24) is 0 Å². The van der Waals surface area contributed by atoms with E-state index in [1.165, 1.54) is 0 Å². The van der Waals surface area contributed by atoms with E-state index in [9.17, 15) is 9.59 Å². The van der Waals surface area contributed by atoms with Gasteiger partial charge in [0.1, 0.15) is 5.60 Å². The highest BCUT2D eigenvalue weighted by Gasteiger charge is 2.15. The molecule has 0 aromatic rings. The molecule has 0 aromatic carbocycles. The third kappa shape index (κ3) is 11.8. The summed E-state index contributed by atoms with van der Waals surface area (Å²) in [5, 5.41) is 8.81. The molecule has 0 aliphatic carbocycles. The second-order valence-electron chi connectivity index (χ2n) is 6.09. The largest absolute Gasteiger partial charge is 0.481 e. The molecule has 0 aromatic heterocycles. The van der Waals surface area contributed by atoms with Crippen LogP contribution < -0.4 is 0 Å². The molecule has 0 rings (SSSR count). The van der Waals surface area contributed by atoms with E-state index in [2.05, 4.69) is 6.92 Å². The van der Waals surface area contributed by atoms with Gasteiger partial charge in [-0.1, -0.05) is 31.9 Å². The number of esters is 1. The zero-order chi connectivity index (χ0) is 15.6. The van der Waals surface area contributed by atoms with Gasteiger partial charge in [-0.3, -0.25) is 9.59 Å². The van der Waals surface area contributed by atoms with Crippen molar-refractivity contribution in [2.24, 2.45) is 5.92 Å². The molecule has 0 radical (unpaired) electrons. The molecule has 1 atom stereocenters. The van der Waals surface area contributed by atoms with Crippen LogP contribution in [0.3, 0.4) is 0 Å². The quantitative estimate of drug-likeness (QED) is 0.514. The van der Waals surface area contributed by atoms with Crippen LogP contribution in [-0.4, -0.2) is 22.6 Å². The van der Waals surface area contributed by atoms with Crippen molar-refractivity contribution >= 4 is 11.9 Å². The lowest BCUT2D eigenvalue weighted by Gasteiger charge is -2.18. The molecule has 0 bridgehead atoms. The van der Waals surface area contributed by atoms with Crippen LogP contribution in [0.5, 0.6) is 0 Å². The summed E-state index contributed by atoms with van der Waals surface area (Å²) in [5.74, 6) is -0.741. The number of aliphatic carboxylic acids is 1. The van der Waals surface area contributed by atoms with Crippen molar-refractivity contribution in [2.45, 2.75) is 71.8 Å². The number of carbonyl (C=O) groups excluding carboxylic acids is 1. The van der Waals surface area contributed by atoms with Gasteiger partial charge in [-0.05, 0) is 39.5 Å². The number of ether oxygens (including phenoxy) is 1. The molecular weight excluding hydrogens is 256 g/mol. The van der Waals surface area contributed by atoms with Gasteiger partial charge in [0.05, 0.1) is 6.42 Å². The predicted octanol–water partition coefficient (Wildman–Crippen LogP) is 3.95. The van der Waals surface area contributed by atoms with E-state index in [1.807, 2.05) is 26.8 Å². The third-order valence-corrected chi connectivity index (χ3v) is 2.77. The lowest BCUT2D eigenvalue weighted by atomic mass is 9.94. The smallest absolute Gasteiger partial charge is 0.310 e. The Hall–Kier alpha value is -1.32. The van der Waals surface area contributed by atoms with Crippen LogP contribution >= 0.6 is 0 Å². The summed E-state index contributed by atoms with van der Waals surface area (Å²) in [5.41, 5.74) is -0.446. The van der Waals surface area contributed by atoms with Gasteiger partial charge in [-0.2, -0.15) is 0 Å². The van der Waals surface area contributed by atoms with E-state index in [0.29, 0.717) is 0 Å². The van der Waals surface area contributed by atoms with Gasteiger partial charge in [-0.25, -0.2) is 0 Å². The average Bonchev–Trinajstić information content (AvgIpc) is 2.25. The number of carboxylic acid groups (broad SMARTS) is 1. The SMILES string of the molecule is CCCC(CC/C=C/CC(=O)OC(C)(C)C)CC(=O)O. The maximum Gasteiger partial charge on any atom is 0.310 e. The number of allylic oxidation sites excluding steroid dienone is 1. The summed E-state index contributed by atoms with van der Waals surface area (Å²) in [6, 6.07) is 0. The first-order chi connectivity index (χ1) is 9.24. The number of carbonyl (C=O) groups is 2. The summed E-state index contributed by atoms with van der Waals surface area (Å²) >= 11 is 0. The van der Waals surface area contributed by atoms with E-state index < -0.39 is 11.6 Å². The summed E-state index contributed by atoms with van der Waals surface area (Å²) in [7, 11) is 0. The molecule has 4 nitrogen and oxygen atoms in total. The normalized spacial score (nSPS) is 13.4. The second-order valence-corrected chi connectivity index (χ2v) is 6.09. The Morgan fingerprint density at radius 1 is 1.20 bits per heavy atom. The molecule has 0 aliphatic heterocycles. The number of hydrogen-bond donors (Lipinski definition) is 1. The van der Waals surface area contributed by atoms with Crippen molar-refractivity contribution in [3.05, 3.63) is 12.2 Å². The summed E-state index contributed by atoms with van der Waals surface area (Å²) in [6.07, 6.45) is 7.84. The van der Waals surface area contributed by atoms with Gasteiger partial charge >= 0.3 is 11.9 Å². The van der Waals surface area contributed by atoms with E-state index in [-0.39, 0.29) is 24.7 Å². The molecular formula is C16H28O4. The van der Waals surface area contributed by atoms with E-state index in [1.54, 1.807) is 6.08 Å². The lowest BCUT2D eigenvalue weighted by Crippen LogP contribution is -2.23. The fraction of sp³-hybridized carbons (Fsp3) is 0.750. The minimum absolute atomic E-state index is 0.226. The number of carboxylic acids is 1. The Bertz CT molecular complexity index is 326. The molecule has 0 aliphatic rings. The van der Waals surface area contributed by atoms with Crippen LogP contribution in [0.15, 0.2) is 12.2 Å². The minimum Gasteiger partial charge on any atom is -0.481 e.